The van der Waals surface area contributed by atoms with Crippen molar-refractivity contribution in [3.8, 4) is 0 Å². The van der Waals surface area contributed by atoms with E-state index in [0.717, 1.165) is 19.4 Å². The van der Waals surface area contributed by atoms with Crippen molar-refractivity contribution < 1.29 is 9.53 Å². The maximum atomic E-state index is 9.83. The molecule has 0 bridgehead atoms. The quantitative estimate of drug-likeness (QED) is 0.820. The van der Waals surface area contributed by atoms with Crippen molar-refractivity contribution in [2.45, 2.75) is 44.8 Å². The summed E-state index contributed by atoms with van der Waals surface area (Å²) in [6, 6.07) is 21.7. The van der Waals surface area contributed by atoms with E-state index in [1.807, 2.05) is 0 Å². The molecule has 2 aromatic carbocycles. The lowest BCUT2D eigenvalue weighted by Gasteiger charge is -2.43. The molecule has 2 aliphatic rings. The van der Waals surface area contributed by atoms with Crippen LogP contribution < -0.4 is 10.4 Å². The maximum absolute atomic E-state index is 9.83. The second-order valence-corrected chi connectivity index (χ2v) is 13.4. The molecule has 1 N–H and O–H groups in total. The Morgan fingerprint density at radius 1 is 0.885 bits per heavy atom. The lowest BCUT2D eigenvalue weighted by atomic mass is 10.1. The molecule has 0 heterocycles. The van der Waals surface area contributed by atoms with Gasteiger partial charge < -0.3 is 9.53 Å². The first-order valence-electron chi connectivity index (χ1n) is 9.86. The van der Waals surface area contributed by atoms with Crippen LogP contribution in [0.25, 0.3) is 0 Å². The molecule has 0 aliphatic heterocycles. The molecule has 3 heteroatoms. The Morgan fingerprint density at radius 2 is 1.35 bits per heavy atom. The van der Waals surface area contributed by atoms with E-state index in [4.69, 9.17) is 4.43 Å². The molecule has 2 aromatic rings. The van der Waals surface area contributed by atoms with Crippen LogP contribution in [0.15, 0.2) is 60.7 Å². The highest BCUT2D eigenvalue weighted by molar-refractivity contribution is 6.99. The Hall–Kier alpha value is -1.42. The Bertz CT molecular complexity index is 686. The maximum Gasteiger partial charge on any atom is 0.261 e. The molecule has 2 nitrogen and oxygen atoms in total. The predicted octanol–water partition coefficient (Wildman–Crippen LogP) is 3.58. The average Bonchev–Trinajstić information content (AvgIpc) is 3.09. The van der Waals surface area contributed by atoms with Gasteiger partial charge in [-0.25, -0.2) is 0 Å². The van der Waals surface area contributed by atoms with Crippen LogP contribution in [0.2, 0.25) is 5.04 Å². The first-order valence-corrected chi connectivity index (χ1v) is 11.8. The molecule has 2 unspecified atom stereocenters. The molecule has 2 saturated carbocycles. The summed E-state index contributed by atoms with van der Waals surface area (Å²) in [5, 5.41) is 12.6. The lowest BCUT2D eigenvalue weighted by molar-refractivity contribution is 0.151. The normalized spacial score (nSPS) is 28.0. The third-order valence-electron chi connectivity index (χ3n) is 6.51. The molecule has 26 heavy (non-hydrogen) atoms. The number of hydrogen-bond acceptors (Lipinski definition) is 2. The van der Waals surface area contributed by atoms with E-state index in [9.17, 15) is 5.11 Å². The summed E-state index contributed by atoms with van der Waals surface area (Å²) in [7, 11) is -2.40. The lowest BCUT2D eigenvalue weighted by Crippen LogP contribution is -2.66. The Balaban J connectivity index is 1.69. The van der Waals surface area contributed by atoms with E-state index in [-0.39, 0.29) is 11.1 Å². The highest BCUT2D eigenvalue weighted by Gasteiger charge is 2.57. The molecule has 2 atom stereocenters. The minimum Gasteiger partial charge on any atom is -0.407 e. The van der Waals surface area contributed by atoms with Crippen LogP contribution in [0, 0.1) is 17.8 Å². The van der Waals surface area contributed by atoms with Gasteiger partial charge >= 0.3 is 0 Å². The summed E-state index contributed by atoms with van der Waals surface area (Å²) < 4.78 is 7.02. The van der Waals surface area contributed by atoms with Crippen molar-refractivity contribution in [3.05, 3.63) is 60.7 Å². The van der Waals surface area contributed by atoms with E-state index in [1.54, 1.807) is 0 Å². The summed E-state index contributed by atoms with van der Waals surface area (Å²) in [5.41, 5.74) is 0. The standard InChI is InChI=1S/C23H30O2Si/c1-23(2,3)26(18-10-6-4-7-11-18,19-12-8-5-9-13-19)25-16-22-20-14-17(24)15-21(20)22/h4-13,17,20-22,24H,14-16H2,1-3H3. The zero-order chi connectivity index (χ0) is 18.4. The number of rotatable bonds is 5. The van der Waals surface area contributed by atoms with Gasteiger partial charge in [-0.3, -0.25) is 0 Å². The van der Waals surface area contributed by atoms with Gasteiger partial charge in [0.25, 0.3) is 8.32 Å². The van der Waals surface area contributed by atoms with Gasteiger partial charge in [0.05, 0.1) is 6.10 Å². The summed E-state index contributed by atoms with van der Waals surface area (Å²) in [5.74, 6) is 2.01. The second-order valence-electron chi connectivity index (χ2n) is 9.09. The molecule has 138 valence electrons. The zero-order valence-corrected chi connectivity index (χ0v) is 17.1. The van der Waals surface area contributed by atoms with Crippen LogP contribution in [-0.2, 0) is 4.43 Å². The highest BCUT2D eigenvalue weighted by Crippen LogP contribution is 2.58. The minimum atomic E-state index is -2.40. The van der Waals surface area contributed by atoms with Gasteiger partial charge in [0.15, 0.2) is 0 Å². The van der Waals surface area contributed by atoms with Crippen molar-refractivity contribution in [3.63, 3.8) is 0 Å². The molecular weight excluding hydrogens is 336 g/mol. The first kappa shape index (κ1) is 18.0. The van der Waals surface area contributed by atoms with Crippen molar-refractivity contribution in [1.82, 2.24) is 0 Å². The van der Waals surface area contributed by atoms with E-state index >= 15 is 0 Å². The Kier molecular flexibility index (Phi) is 4.58. The Labute approximate surface area is 158 Å². The zero-order valence-electron chi connectivity index (χ0n) is 16.1. The SMILES string of the molecule is CC(C)(C)[Si](OCC1C2CC(O)CC12)(c1ccccc1)c1ccccc1. The summed E-state index contributed by atoms with van der Waals surface area (Å²) in [6.45, 7) is 7.82. The number of hydrogen-bond donors (Lipinski definition) is 1. The summed E-state index contributed by atoms with van der Waals surface area (Å²) in [6.07, 6.45) is 1.87. The van der Waals surface area contributed by atoms with E-state index < -0.39 is 8.32 Å². The van der Waals surface area contributed by atoms with Crippen molar-refractivity contribution in [1.29, 1.82) is 0 Å². The van der Waals surface area contributed by atoms with Gasteiger partial charge in [0, 0.05) is 6.61 Å². The van der Waals surface area contributed by atoms with Crippen LogP contribution in [-0.4, -0.2) is 26.1 Å². The highest BCUT2D eigenvalue weighted by atomic mass is 28.4. The minimum absolute atomic E-state index is 0.0409. The molecule has 4 rings (SSSR count). The molecular formula is C23H30O2Si. The monoisotopic (exact) mass is 366 g/mol. The number of aliphatic hydroxyl groups excluding tert-OH is 1. The molecule has 0 saturated heterocycles. The molecule has 0 amide bonds. The van der Waals surface area contributed by atoms with Gasteiger partial charge in [-0.15, -0.1) is 0 Å². The largest absolute Gasteiger partial charge is 0.407 e. The van der Waals surface area contributed by atoms with Crippen molar-refractivity contribution in [2.75, 3.05) is 6.61 Å². The van der Waals surface area contributed by atoms with Crippen LogP contribution >= 0.6 is 0 Å². The number of benzene rings is 2. The molecule has 2 aliphatic carbocycles. The van der Waals surface area contributed by atoms with Crippen LogP contribution in [0.4, 0.5) is 0 Å². The fourth-order valence-electron chi connectivity index (χ4n) is 5.18. The summed E-state index contributed by atoms with van der Waals surface area (Å²) >= 11 is 0. The van der Waals surface area contributed by atoms with Crippen LogP contribution in [0.5, 0.6) is 0 Å². The van der Waals surface area contributed by atoms with Gasteiger partial charge in [0.1, 0.15) is 0 Å². The average molecular weight is 367 g/mol. The topological polar surface area (TPSA) is 29.5 Å². The van der Waals surface area contributed by atoms with Gasteiger partial charge in [0.2, 0.25) is 0 Å². The van der Waals surface area contributed by atoms with E-state index in [0.29, 0.717) is 17.8 Å². The molecule has 0 spiro atoms. The van der Waals surface area contributed by atoms with Gasteiger partial charge in [-0.2, -0.15) is 0 Å². The molecule has 2 fully saturated rings. The second kappa shape index (κ2) is 6.63. The van der Waals surface area contributed by atoms with E-state index in [1.165, 1.54) is 10.4 Å². The smallest absolute Gasteiger partial charge is 0.261 e. The molecule has 0 aromatic heterocycles. The third-order valence-corrected chi connectivity index (χ3v) is 11.5. The van der Waals surface area contributed by atoms with Crippen molar-refractivity contribution >= 4 is 18.7 Å². The van der Waals surface area contributed by atoms with Crippen molar-refractivity contribution in [2.24, 2.45) is 17.8 Å². The van der Waals surface area contributed by atoms with Gasteiger partial charge in [-0.1, -0.05) is 81.4 Å². The molecule has 0 radical (unpaired) electrons. The third kappa shape index (κ3) is 2.96. The van der Waals surface area contributed by atoms with Crippen LogP contribution in [0.3, 0.4) is 0 Å². The fourth-order valence-corrected chi connectivity index (χ4v) is 9.78. The fraction of sp³-hybridized carbons (Fsp3) is 0.478. The number of fused-ring (bicyclic) bond motifs is 1. The Morgan fingerprint density at radius 3 is 1.77 bits per heavy atom. The van der Waals surface area contributed by atoms with Gasteiger partial charge in [-0.05, 0) is 46.0 Å². The van der Waals surface area contributed by atoms with E-state index in [2.05, 4.69) is 81.4 Å². The number of aliphatic hydroxyl groups is 1. The predicted molar refractivity (Wildman–Crippen MR) is 109 cm³/mol. The first-order chi connectivity index (χ1) is 12.4. The summed E-state index contributed by atoms with van der Waals surface area (Å²) in [4.78, 5) is 0. The van der Waals surface area contributed by atoms with Crippen LogP contribution in [0.1, 0.15) is 33.6 Å².